The van der Waals surface area contributed by atoms with Crippen molar-refractivity contribution in [3.05, 3.63) is 34.9 Å². The van der Waals surface area contributed by atoms with Crippen molar-refractivity contribution in [2.75, 3.05) is 0 Å². The van der Waals surface area contributed by atoms with Crippen LogP contribution in [0.25, 0.3) is 0 Å². The Balaban J connectivity index is 2.30. The summed E-state index contributed by atoms with van der Waals surface area (Å²) >= 11 is 5.93. The van der Waals surface area contributed by atoms with Gasteiger partial charge in [0.05, 0.1) is 16.9 Å². The maximum absolute atomic E-state index is 12.3. The number of nitrogens with one attached hydrogen (secondary N) is 1. The van der Waals surface area contributed by atoms with Gasteiger partial charge in [-0.15, -0.1) is 0 Å². The average molecular weight is 312 g/mol. The summed E-state index contributed by atoms with van der Waals surface area (Å²) in [5, 5.41) is 19.7. The van der Waals surface area contributed by atoms with Gasteiger partial charge in [-0.2, -0.15) is 10.2 Å². The maximum atomic E-state index is 12.3. The number of aliphatic carboxylic acids is 1. The standard InChI is InChI=1S/C12H14ClN5O3/c1-3-18-10(7(13)6-15-18)11(19)16-9(12(20)21)8-4-5-14-17(8)2/h4-6,9H,3H2,1-2H3,(H,16,19)(H,20,21). The van der Waals surface area contributed by atoms with Crippen LogP contribution in [-0.4, -0.2) is 36.5 Å². The van der Waals surface area contributed by atoms with Crippen LogP contribution in [0.4, 0.5) is 0 Å². The second-order valence-electron chi connectivity index (χ2n) is 4.28. The summed E-state index contributed by atoms with van der Waals surface area (Å²) in [4.78, 5) is 23.7. The van der Waals surface area contributed by atoms with Crippen LogP contribution >= 0.6 is 11.6 Å². The quantitative estimate of drug-likeness (QED) is 0.852. The van der Waals surface area contributed by atoms with Crippen LogP contribution in [-0.2, 0) is 18.4 Å². The smallest absolute Gasteiger partial charge is 0.332 e. The minimum atomic E-state index is -1.22. The molecule has 8 nitrogen and oxygen atoms in total. The van der Waals surface area contributed by atoms with Crippen molar-refractivity contribution in [1.29, 1.82) is 0 Å². The molecule has 0 aromatic carbocycles. The van der Waals surface area contributed by atoms with Crippen LogP contribution in [0.15, 0.2) is 18.5 Å². The number of hydrogen-bond acceptors (Lipinski definition) is 4. The molecule has 1 amide bonds. The van der Waals surface area contributed by atoms with E-state index in [9.17, 15) is 14.7 Å². The van der Waals surface area contributed by atoms with Crippen molar-refractivity contribution in [2.24, 2.45) is 7.05 Å². The van der Waals surface area contributed by atoms with Gasteiger partial charge in [-0.05, 0) is 13.0 Å². The molecule has 2 heterocycles. The minimum Gasteiger partial charge on any atom is -0.479 e. The Hall–Kier alpha value is -2.35. The second kappa shape index (κ2) is 5.96. The highest BCUT2D eigenvalue weighted by Gasteiger charge is 2.27. The molecule has 21 heavy (non-hydrogen) atoms. The highest BCUT2D eigenvalue weighted by atomic mass is 35.5. The zero-order valence-corrected chi connectivity index (χ0v) is 12.2. The monoisotopic (exact) mass is 311 g/mol. The lowest BCUT2D eigenvalue weighted by Crippen LogP contribution is -2.36. The molecule has 0 aliphatic rings. The van der Waals surface area contributed by atoms with Gasteiger partial charge in [0.25, 0.3) is 5.91 Å². The molecule has 2 rings (SSSR count). The van der Waals surface area contributed by atoms with Gasteiger partial charge < -0.3 is 10.4 Å². The molecule has 9 heteroatoms. The van der Waals surface area contributed by atoms with Crippen LogP contribution < -0.4 is 5.32 Å². The molecule has 1 atom stereocenters. The third-order valence-corrected chi connectivity index (χ3v) is 3.26. The van der Waals surface area contributed by atoms with Gasteiger partial charge in [0.1, 0.15) is 5.69 Å². The van der Waals surface area contributed by atoms with Crippen molar-refractivity contribution < 1.29 is 14.7 Å². The summed E-state index contributed by atoms with van der Waals surface area (Å²) in [6, 6.07) is 0.305. The number of nitrogens with zero attached hydrogens (tertiary/aromatic N) is 4. The molecule has 0 fully saturated rings. The van der Waals surface area contributed by atoms with Gasteiger partial charge in [0.2, 0.25) is 0 Å². The Morgan fingerprint density at radius 3 is 2.71 bits per heavy atom. The zero-order chi connectivity index (χ0) is 15.6. The van der Waals surface area contributed by atoms with Crippen LogP contribution in [0.2, 0.25) is 5.02 Å². The van der Waals surface area contributed by atoms with E-state index in [2.05, 4.69) is 15.5 Å². The molecule has 2 aromatic rings. The number of hydrogen-bond donors (Lipinski definition) is 2. The highest BCUT2D eigenvalue weighted by Crippen LogP contribution is 2.18. The zero-order valence-electron chi connectivity index (χ0n) is 11.4. The van der Waals surface area contributed by atoms with E-state index in [0.29, 0.717) is 12.2 Å². The van der Waals surface area contributed by atoms with Crippen LogP contribution in [0.5, 0.6) is 0 Å². The summed E-state index contributed by atoms with van der Waals surface area (Å²) in [5.74, 6) is -1.79. The van der Waals surface area contributed by atoms with Gasteiger partial charge >= 0.3 is 5.97 Å². The van der Waals surface area contributed by atoms with E-state index in [0.717, 1.165) is 0 Å². The number of amides is 1. The topological polar surface area (TPSA) is 102 Å². The van der Waals surface area contributed by atoms with E-state index in [1.807, 2.05) is 0 Å². The molecule has 1 unspecified atom stereocenters. The van der Waals surface area contributed by atoms with E-state index >= 15 is 0 Å². The van der Waals surface area contributed by atoms with Gasteiger partial charge in [-0.25, -0.2) is 4.79 Å². The summed E-state index contributed by atoms with van der Waals surface area (Å²) in [7, 11) is 1.60. The molecule has 0 aliphatic heterocycles. The van der Waals surface area contributed by atoms with Gasteiger partial charge in [0.15, 0.2) is 6.04 Å². The molecule has 2 aromatic heterocycles. The fourth-order valence-corrected chi connectivity index (χ4v) is 2.18. The Morgan fingerprint density at radius 1 is 1.48 bits per heavy atom. The molecule has 0 bridgehead atoms. The first-order chi connectivity index (χ1) is 9.95. The van der Waals surface area contributed by atoms with E-state index in [4.69, 9.17) is 11.6 Å². The third kappa shape index (κ3) is 2.89. The number of carbonyl (C=O) groups excluding carboxylic acids is 1. The summed E-state index contributed by atoms with van der Waals surface area (Å²) in [6.45, 7) is 2.24. The molecule has 0 saturated heterocycles. The SMILES string of the molecule is CCn1ncc(Cl)c1C(=O)NC(C(=O)O)c1ccnn1C. The van der Waals surface area contributed by atoms with E-state index in [1.165, 1.54) is 27.8 Å². The number of halogens is 1. The van der Waals surface area contributed by atoms with Crippen molar-refractivity contribution in [1.82, 2.24) is 24.9 Å². The Kier molecular flexibility index (Phi) is 4.27. The van der Waals surface area contributed by atoms with Crippen molar-refractivity contribution in [3.8, 4) is 0 Å². The fraction of sp³-hybridized carbons (Fsp3) is 0.333. The van der Waals surface area contributed by atoms with Crippen molar-refractivity contribution >= 4 is 23.5 Å². The Morgan fingerprint density at radius 2 is 2.19 bits per heavy atom. The number of carboxylic acids is 1. The molecule has 2 N–H and O–H groups in total. The van der Waals surface area contributed by atoms with Gasteiger partial charge in [-0.1, -0.05) is 11.6 Å². The molecule has 0 saturated carbocycles. The van der Waals surface area contributed by atoms with E-state index in [-0.39, 0.29) is 10.7 Å². The van der Waals surface area contributed by atoms with Gasteiger partial charge in [0, 0.05) is 19.8 Å². The maximum Gasteiger partial charge on any atom is 0.332 e. The van der Waals surface area contributed by atoms with Crippen molar-refractivity contribution in [2.45, 2.75) is 19.5 Å². The minimum absolute atomic E-state index is 0.132. The highest BCUT2D eigenvalue weighted by molar-refractivity contribution is 6.33. The fourth-order valence-electron chi connectivity index (χ4n) is 1.96. The molecule has 112 valence electrons. The average Bonchev–Trinajstić information content (AvgIpc) is 3.01. The molecular weight excluding hydrogens is 298 g/mol. The lowest BCUT2D eigenvalue weighted by atomic mass is 10.2. The number of carbonyl (C=O) groups is 2. The Bertz CT molecular complexity index is 678. The first-order valence-electron chi connectivity index (χ1n) is 6.18. The number of carboxylic acid groups (broad SMARTS) is 1. The molecule has 0 radical (unpaired) electrons. The number of aromatic nitrogens is 4. The number of aryl methyl sites for hydroxylation is 2. The second-order valence-corrected chi connectivity index (χ2v) is 4.69. The largest absolute Gasteiger partial charge is 0.479 e. The predicted molar refractivity (Wildman–Crippen MR) is 74.0 cm³/mol. The Labute approximate surface area is 125 Å². The lowest BCUT2D eigenvalue weighted by Gasteiger charge is -2.15. The summed E-state index contributed by atoms with van der Waals surface area (Å²) in [6.07, 6.45) is 2.81. The van der Waals surface area contributed by atoms with Crippen molar-refractivity contribution in [3.63, 3.8) is 0 Å². The first kappa shape index (κ1) is 15.0. The van der Waals surface area contributed by atoms with E-state index in [1.54, 1.807) is 14.0 Å². The summed E-state index contributed by atoms with van der Waals surface area (Å²) < 4.78 is 2.79. The third-order valence-electron chi connectivity index (χ3n) is 2.99. The first-order valence-corrected chi connectivity index (χ1v) is 6.56. The normalized spacial score (nSPS) is 12.1. The molecule has 0 aliphatic carbocycles. The molecule has 0 spiro atoms. The number of rotatable bonds is 5. The van der Waals surface area contributed by atoms with Crippen LogP contribution in [0.3, 0.4) is 0 Å². The summed E-state index contributed by atoms with van der Waals surface area (Å²) in [5.41, 5.74) is 0.488. The van der Waals surface area contributed by atoms with Crippen LogP contribution in [0, 0.1) is 0 Å². The van der Waals surface area contributed by atoms with Gasteiger partial charge in [-0.3, -0.25) is 14.2 Å². The lowest BCUT2D eigenvalue weighted by molar-refractivity contribution is -0.139. The predicted octanol–water partition coefficient (Wildman–Crippen LogP) is 0.846. The van der Waals surface area contributed by atoms with E-state index < -0.39 is 17.9 Å². The molecular formula is C12H14ClN5O3. The van der Waals surface area contributed by atoms with Crippen LogP contribution in [0.1, 0.15) is 29.1 Å².